The maximum atomic E-state index is 13.3. The van der Waals surface area contributed by atoms with Crippen LogP contribution < -0.4 is 0 Å². The molecule has 32 heavy (non-hydrogen) atoms. The second-order valence-corrected chi connectivity index (χ2v) is 9.58. The number of halogens is 4. The molecule has 2 aromatic carbocycles. The lowest BCUT2D eigenvalue weighted by molar-refractivity contribution is -0.137. The van der Waals surface area contributed by atoms with Gasteiger partial charge in [0.1, 0.15) is 5.82 Å². The molecule has 0 N–H and O–H groups in total. The molecule has 2 atom stereocenters. The Morgan fingerprint density at radius 3 is 2.53 bits per heavy atom. The minimum Gasteiger partial charge on any atom is -0.327 e. The van der Waals surface area contributed by atoms with E-state index in [1.54, 1.807) is 6.07 Å². The molecular formula is C25H27ClF3N3. The van der Waals surface area contributed by atoms with Crippen molar-refractivity contribution in [3.8, 4) is 0 Å². The third-order valence-electron chi connectivity index (χ3n) is 7.08. The highest BCUT2D eigenvalue weighted by molar-refractivity contribution is 6.30. The maximum Gasteiger partial charge on any atom is 0.416 e. The molecule has 7 heteroatoms. The van der Waals surface area contributed by atoms with Gasteiger partial charge in [-0.25, -0.2) is 4.98 Å². The molecule has 170 valence electrons. The number of nitrogens with zero attached hydrogens (tertiary/aromatic N) is 3. The summed E-state index contributed by atoms with van der Waals surface area (Å²) in [6.07, 6.45) is 2.26. The molecule has 3 nitrogen and oxygen atoms in total. The Labute approximate surface area is 191 Å². The van der Waals surface area contributed by atoms with E-state index in [4.69, 9.17) is 16.6 Å². The lowest BCUT2D eigenvalue weighted by Gasteiger charge is -2.44. The number of benzene rings is 2. The molecule has 2 aliphatic heterocycles. The zero-order valence-corrected chi connectivity index (χ0v) is 18.7. The molecule has 0 spiro atoms. The summed E-state index contributed by atoms with van der Waals surface area (Å²) >= 11 is 6.03. The first-order chi connectivity index (χ1) is 15.4. The average Bonchev–Trinajstić information content (AvgIpc) is 3.11. The lowest BCUT2D eigenvalue weighted by Crippen LogP contribution is -2.49. The molecule has 0 saturated carbocycles. The van der Waals surface area contributed by atoms with Crippen molar-refractivity contribution in [3.05, 3.63) is 64.4 Å². The number of hydrogen-bond acceptors (Lipinski definition) is 2. The SMILES string of the molecule is FC(F)(F)c1ccc2c(c1)nc(Cc1ccc(Cl)cc1)n2C[C@H]1CCCN2CCCCC12. The van der Waals surface area contributed by atoms with E-state index in [0.29, 0.717) is 28.9 Å². The summed E-state index contributed by atoms with van der Waals surface area (Å²) in [4.78, 5) is 7.31. The molecule has 0 radical (unpaired) electrons. The number of aromatic nitrogens is 2. The van der Waals surface area contributed by atoms with Gasteiger partial charge in [0.2, 0.25) is 0 Å². The van der Waals surface area contributed by atoms with E-state index in [2.05, 4.69) is 9.47 Å². The molecule has 0 amide bonds. The van der Waals surface area contributed by atoms with Crippen LogP contribution in [0.2, 0.25) is 5.02 Å². The van der Waals surface area contributed by atoms with E-state index in [9.17, 15) is 13.2 Å². The number of piperidine rings is 2. The highest BCUT2D eigenvalue weighted by Crippen LogP contribution is 2.35. The van der Waals surface area contributed by atoms with Crippen molar-refractivity contribution in [2.24, 2.45) is 5.92 Å². The Morgan fingerprint density at radius 1 is 0.969 bits per heavy atom. The van der Waals surface area contributed by atoms with Crippen LogP contribution in [0.5, 0.6) is 0 Å². The van der Waals surface area contributed by atoms with Gasteiger partial charge in [0.25, 0.3) is 0 Å². The van der Waals surface area contributed by atoms with Gasteiger partial charge in [-0.15, -0.1) is 0 Å². The molecule has 0 aliphatic carbocycles. The maximum absolute atomic E-state index is 13.3. The van der Waals surface area contributed by atoms with Crippen LogP contribution in [0.15, 0.2) is 42.5 Å². The normalized spacial score (nSPS) is 22.2. The molecule has 0 bridgehead atoms. The first kappa shape index (κ1) is 21.8. The fourth-order valence-electron chi connectivity index (χ4n) is 5.50. The quantitative estimate of drug-likeness (QED) is 0.438. The summed E-state index contributed by atoms with van der Waals surface area (Å²) in [5, 5.41) is 0.664. The molecule has 3 heterocycles. The van der Waals surface area contributed by atoms with Crippen LogP contribution in [0, 0.1) is 5.92 Å². The summed E-state index contributed by atoms with van der Waals surface area (Å²) in [7, 11) is 0. The van der Waals surface area contributed by atoms with E-state index in [-0.39, 0.29) is 0 Å². The smallest absolute Gasteiger partial charge is 0.327 e. The standard InChI is InChI=1S/C25H27ClF3N3/c26-20-9-6-17(7-10-20)14-24-30-21-15-19(25(27,28)29)8-11-23(21)32(24)16-18-4-3-13-31-12-2-1-5-22(18)31/h6-11,15,18,22H,1-5,12-14,16H2/t18-,22?/m1/s1. The van der Waals surface area contributed by atoms with Crippen LogP contribution in [0.25, 0.3) is 11.0 Å². The van der Waals surface area contributed by atoms with Crippen molar-refractivity contribution < 1.29 is 13.2 Å². The number of rotatable bonds is 4. The molecule has 1 unspecified atom stereocenters. The number of imidazole rings is 1. The second-order valence-electron chi connectivity index (χ2n) is 9.14. The number of fused-ring (bicyclic) bond motifs is 2. The van der Waals surface area contributed by atoms with Crippen LogP contribution in [-0.2, 0) is 19.1 Å². The first-order valence-corrected chi connectivity index (χ1v) is 11.8. The molecule has 2 fully saturated rings. The van der Waals surface area contributed by atoms with Gasteiger partial charge < -0.3 is 9.47 Å². The molecular weight excluding hydrogens is 435 g/mol. The zero-order chi connectivity index (χ0) is 22.3. The second kappa shape index (κ2) is 8.71. The number of alkyl halides is 3. The Bertz CT molecular complexity index is 1090. The predicted octanol–water partition coefficient (Wildman–Crippen LogP) is 6.56. The van der Waals surface area contributed by atoms with Crippen molar-refractivity contribution in [2.45, 2.75) is 57.3 Å². The van der Waals surface area contributed by atoms with Crippen LogP contribution >= 0.6 is 11.6 Å². The first-order valence-electron chi connectivity index (χ1n) is 11.4. The van der Waals surface area contributed by atoms with E-state index in [0.717, 1.165) is 29.9 Å². The van der Waals surface area contributed by atoms with Crippen LogP contribution in [-0.4, -0.2) is 33.6 Å². The fourth-order valence-corrected chi connectivity index (χ4v) is 5.63. The van der Waals surface area contributed by atoms with Crippen molar-refractivity contribution in [1.29, 1.82) is 0 Å². The average molecular weight is 462 g/mol. The Hall–Kier alpha value is -2.05. The van der Waals surface area contributed by atoms with Crippen molar-refractivity contribution >= 4 is 22.6 Å². The van der Waals surface area contributed by atoms with Crippen molar-refractivity contribution in [2.75, 3.05) is 13.1 Å². The molecule has 3 aromatic rings. The van der Waals surface area contributed by atoms with Gasteiger partial charge in [-0.05, 0) is 80.6 Å². The van der Waals surface area contributed by atoms with Crippen molar-refractivity contribution in [3.63, 3.8) is 0 Å². The highest BCUT2D eigenvalue weighted by atomic mass is 35.5. The summed E-state index contributed by atoms with van der Waals surface area (Å²) in [6, 6.07) is 12.1. The third-order valence-corrected chi connectivity index (χ3v) is 7.33. The van der Waals surface area contributed by atoms with Gasteiger partial charge in [0.15, 0.2) is 0 Å². The van der Waals surface area contributed by atoms with Gasteiger partial charge in [0.05, 0.1) is 16.6 Å². The largest absolute Gasteiger partial charge is 0.416 e. The zero-order valence-electron chi connectivity index (χ0n) is 17.9. The van der Waals surface area contributed by atoms with Gasteiger partial charge in [-0.1, -0.05) is 30.2 Å². The Balaban J connectivity index is 1.52. The van der Waals surface area contributed by atoms with Crippen LogP contribution in [0.1, 0.15) is 49.1 Å². The topological polar surface area (TPSA) is 21.1 Å². The predicted molar refractivity (Wildman–Crippen MR) is 121 cm³/mol. The third kappa shape index (κ3) is 4.40. The highest BCUT2D eigenvalue weighted by Gasteiger charge is 2.34. The summed E-state index contributed by atoms with van der Waals surface area (Å²) in [5.74, 6) is 1.31. The lowest BCUT2D eigenvalue weighted by atomic mass is 9.83. The van der Waals surface area contributed by atoms with Gasteiger partial charge in [-0.3, -0.25) is 0 Å². The van der Waals surface area contributed by atoms with E-state index < -0.39 is 11.7 Å². The summed E-state index contributed by atoms with van der Waals surface area (Å²) < 4.78 is 42.1. The van der Waals surface area contributed by atoms with Crippen molar-refractivity contribution in [1.82, 2.24) is 14.5 Å². The molecule has 5 rings (SSSR count). The molecule has 2 aliphatic rings. The Morgan fingerprint density at radius 2 is 1.75 bits per heavy atom. The molecule has 1 aromatic heterocycles. The van der Waals surface area contributed by atoms with E-state index in [1.807, 2.05) is 24.3 Å². The minimum absolute atomic E-state index is 0.417. The van der Waals surface area contributed by atoms with Gasteiger partial charge in [-0.2, -0.15) is 13.2 Å². The number of hydrogen-bond donors (Lipinski definition) is 0. The van der Waals surface area contributed by atoms with Gasteiger partial charge in [0, 0.05) is 24.0 Å². The minimum atomic E-state index is -4.37. The fraction of sp³-hybridized carbons (Fsp3) is 0.480. The summed E-state index contributed by atoms with van der Waals surface area (Å²) in [5.41, 5.74) is 1.60. The van der Waals surface area contributed by atoms with E-state index in [1.165, 1.54) is 50.9 Å². The van der Waals surface area contributed by atoms with Gasteiger partial charge >= 0.3 is 6.18 Å². The van der Waals surface area contributed by atoms with E-state index >= 15 is 0 Å². The Kier molecular flexibility index (Phi) is 5.93. The monoisotopic (exact) mass is 461 g/mol. The van der Waals surface area contributed by atoms with Crippen LogP contribution in [0.3, 0.4) is 0 Å². The summed E-state index contributed by atoms with van der Waals surface area (Å²) in [6.45, 7) is 3.13. The van der Waals surface area contributed by atoms with Crippen LogP contribution in [0.4, 0.5) is 13.2 Å². The molecule has 2 saturated heterocycles.